The van der Waals surface area contributed by atoms with E-state index in [9.17, 15) is 14.0 Å². The zero-order chi connectivity index (χ0) is 28.1. The van der Waals surface area contributed by atoms with Gasteiger partial charge < -0.3 is 10.3 Å². The number of rotatable bonds is 8. The summed E-state index contributed by atoms with van der Waals surface area (Å²) in [7, 11) is 0. The molecular weight excluding hydrogens is 501 g/mol. The molecule has 1 atom stereocenters. The van der Waals surface area contributed by atoms with E-state index in [1.54, 1.807) is 18.2 Å². The van der Waals surface area contributed by atoms with Crippen LogP contribution < -0.4 is 10.2 Å². The van der Waals surface area contributed by atoms with E-state index in [0.29, 0.717) is 22.9 Å². The van der Waals surface area contributed by atoms with Crippen LogP contribution in [0, 0.1) is 5.82 Å². The van der Waals surface area contributed by atoms with Crippen LogP contribution in [-0.4, -0.2) is 22.8 Å². The maximum atomic E-state index is 14.3. The predicted octanol–water partition coefficient (Wildman–Crippen LogP) is 7.78. The number of aromatic amines is 1. The van der Waals surface area contributed by atoms with E-state index in [-0.39, 0.29) is 17.9 Å². The molecule has 0 radical (unpaired) electrons. The first-order valence-corrected chi connectivity index (χ1v) is 14.1. The second-order valence-electron chi connectivity index (χ2n) is 10.9. The lowest BCUT2D eigenvalue weighted by atomic mass is 9.94. The van der Waals surface area contributed by atoms with E-state index in [4.69, 9.17) is 0 Å². The summed E-state index contributed by atoms with van der Waals surface area (Å²) < 4.78 is 14.0. The third kappa shape index (κ3) is 6.17. The van der Waals surface area contributed by atoms with Crippen LogP contribution in [0.1, 0.15) is 79.5 Å². The molecule has 0 bridgehead atoms. The number of carbonyl (C=O) groups is 2. The van der Waals surface area contributed by atoms with Crippen molar-refractivity contribution in [2.24, 2.45) is 0 Å². The minimum atomic E-state index is -0.983. The number of nitrogens with one attached hydrogen (secondary N) is 2. The van der Waals surface area contributed by atoms with Gasteiger partial charge in [-0.15, -0.1) is 0 Å². The molecular formula is C34H36FN3O2. The lowest BCUT2D eigenvalue weighted by Crippen LogP contribution is -2.47. The molecule has 1 saturated carbocycles. The Morgan fingerprint density at radius 1 is 0.825 bits per heavy atom. The molecule has 4 aromatic rings. The molecule has 1 fully saturated rings. The summed E-state index contributed by atoms with van der Waals surface area (Å²) in [6, 6.07) is 26.1. The number of carbonyl (C=O) groups excluding carboxylic acids is 2. The van der Waals surface area contributed by atoms with Crippen molar-refractivity contribution in [3.05, 3.63) is 114 Å². The minimum absolute atomic E-state index is 0.0552. The number of hydrogen-bond donors (Lipinski definition) is 2. The largest absolute Gasteiger partial charge is 0.351 e. The zero-order valence-corrected chi connectivity index (χ0v) is 23.1. The van der Waals surface area contributed by atoms with Gasteiger partial charge in [0.1, 0.15) is 17.6 Å². The highest BCUT2D eigenvalue weighted by atomic mass is 19.1. The molecule has 0 saturated heterocycles. The van der Waals surface area contributed by atoms with Crippen molar-refractivity contribution >= 4 is 17.5 Å². The maximum absolute atomic E-state index is 14.3. The van der Waals surface area contributed by atoms with Gasteiger partial charge in [0.2, 0.25) is 5.91 Å². The molecule has 1 aromatic heterocycles. The quantitative estimate of drug-likeness (QED) is 0.241. The number of amides is 2. The van der Waals surface area contributed by atoms with Crippen LogP contribution in [-0.2, 0) is 4.79 Å². The molecule has 0 unspecified atom stereocenters. The van der Waals surface area contributed by atoms with Crippen LogP contribution in [0.25, 0.3) is 11.3 Å². The Labute approximate surface area is 235 Å². The van der Waals surface area contributed by atoms with E-state index < -0.39 is 11.9 Å². The SMILES string of the molecule is CC(C)c1ccc(N(C(=O)c2ccc(-c3ccccc3)[nH]2)[C@@H](C(=O)NC2CCCCC2)c2ccc(F)cc2)cc1. The van der Waals surface area contributed by atoms with Crippen LogP contribution in [0.4, 0.5) is 10.1 Å². The van der Waals surface area contributed by atoms with Gasteiger partial charge in [0, 0.05) is 17.4 Å². The molecule has 6 heteroatoms. The number of aromatic nitrogens is 1. The van der Waals surface area contributed by atoms with Crippen molar-refractivity contribution in [3.8, 4) is 11.3 Å². The Kier molecular flexibility index (Phi) is 8.44. The Morgan fingerprint density at radius 3 is 2.12 bits per heavy atom. The highest BCUT2D eigenvalue weighted by Gasteiger charge is 2.35. The molecule has 1 aliphatic rings. The normalized spacial score (nSPS) is 14.6. The molecule has 1 aliphatic carbocycles. The molecule has 0 spiro atoms. The van der Waals surface area contributed by atoms with Crippen LogP contribution >= 0.6 is 0 Å². The van der Waals surface area contributed by atoms with Gasteiger partial charge in [-0.2, -0.15) is 0 Å². The summed E-state index contributed by atoms with van der Waals surface area (Å²) in [6.45, 7) is 4.22. The first kappa shape index (κ1) is 27.4. The van der Waals surface area contributed by atoms with Gasteiger partial charge in [-0.05, 0) is 71.8 Å². The number of anilines is 1. The lowest BCUT2D eigenvalue weighted by Gasteiger charge is -2.33. The van der Waals surface area contributed by atoms with Crippen molar-refractivity contribution in [3.63, 3.8) is 0 Å². The van der Waals surface area contributed by atoms with Gasteiger partial charge in [-0.1, -0.05) is 87.7 Å². The standard InChI is InChI=1S/C34H36FN3O2/c1-23(2)24-15-19-29(20-16-24)38(34(40)31-22-21-30(37-31)25-9-5-3-6-10-25)32(26-13-17-27(35)18-14-26)33(39)36-28-11-7-4-8-12-28/h3,5-6,9-10,13-23,28,32,37H,4,7-8,11-12H2,1-2H3,(H,36,39)/t32-/m1/s1. The highest BCUT2D eigenvalue weighted by Crippen LogP contribution is 2.32. The lowest BCUT2D eigenvalue weighted by molar-refractivity contribution is -0.123. The number of hydrogen-bond acceptors (Lipinski definition) is 2. The van der Waals surface area contributed by atoms with Gasteiger partial charge in [0.25, 0.3) is 5.91 Å². The molecule has 5 rings (SSSR count). The van der Waals surface area contributed by atoms with Crippen LogP contribution in [0.5, 0.6) is 0 Å². The average molecular weight is 538 g/mol. The van der Waals surface area contributed by atoms with E-state index in [1.807, 2.05) is 60.7 Å². The zero-order valence-electron chi connectivity index (χ0n) is 23.1. The van der Waals surface area contributed by atoms with Gasteiger partial charge in [-0.3, -0.25) is 14.5 Å². The fraction of sp³-hybridized carbons (Fsp3) is 0.294. The summed E-state index contributed by atoms with van der Waals surface area (Å²) in [4.78, 5) is 33.2. The summed E-state index contributed by atoms with van der Waals surface area (Å²) in [5.74, 6) is -0.689. The second-order valence-corrected chi connectivity index (χ2v) is 10.9. The van der Waals surface area contributed by atoms with E-state index in [1.165, 1.54) is 17.0 Å². The number of halogens is 1. The average Bonchev–Trinajstić information content (AvgIpc) is 3.48. The first-order chi connectivity index (χ1) is 19.4. The third-order valence-corrected chi connectivity index (χ3v) is 7.70. The fourth-order valence-electron chi connectivity index (χ4n) is 5.43. The molecule has 206 valence electrons. The monoisotopic (exact) mass is 537 g/mol. The summed E-state index contributed by atoms with van der Waals surface area (Å²) in [5.41, 5.74) is 4.41. The first-order valence-electron chi connectivity index (χ1n) is 14.1. The Bertz CT molecular complexity index is 1420. The predicted molar refractivity (Wildman–Crippen MR) is 158 cm³/mol. The van der Waals surface area contributed by atoms with E-state index in [0.717, 1.165) is 48.9 Å². The van der Waals surface area contributed by atoms with E-state index >= 15 is 0 Å². The molecule has 2 amide bonds. The van der Waals surface area contributed by atoms with E-state index in [2.05, 4.69) is 24.1 Å². The van der Waals surface area contributed by atoms with Crippen LogP contribution in [0.2, 0.25) is 0 Å². The number of H-pyrrole nitrogens is 1. The Morgan fingerprint density at radius 2 is 1.48 bits per heavy atom. The third-order valence-electron chi connectivity index (χ3n) is 7.70. The fourth-order valence-corrected chi connectivity index (χ4v) is 5.43. The van der Waals surface area contributed by atoms with Gasteiger partial charge in [-0.25, -0.2) is 4.39 Å². The summed E-state index contributed by atoms with van der Waals surface area (Å²) in [6.07, 6.45) is 5.12. The second kappa shape index (κ2) is 12.3. The smallest absolute Gasteiger partial charge is 0.275 e. The molecule has 0 aliphatic heterocycles. The van der Waals surface area contributed by atoms with Crippen LogP contribution in [0.3, 0.4) is 0 Å². The number of benzene rings is 3. The maximum Gasteiger partial charge on any atom is 0.275 e. The summed E-state index contributed by atoms with van der Waals surface area (Å²) >= 11 is 0. The molecule has 3 aromatic carbocycles. The van der Waals surface area contributed by atoms with Gasteiger partial charge in [0.15, 0.2) is 0 Å². The Balaban J connectivity index is 1.58. The minimum Gasteiger partial charge on any atom is -0.351 e. The molecule has 2 N–H and O–H groups in total. The van der Waals surface area contributed by atoms with Crippen LogP contribution in [0.15, 0.2) is 91.0 Å². The van der Waals surface area contributed by atoms with Crippen molar-refractivity contribution in [1.29, 1.82) is 0 Å². The van der Waals surface area contributed by atoms with Crippen molar-refractivity contribution < 1.29 is 14.0 Å². The molecule has 5 nitrogen and oxygen atoms in total. The summed E-state index contributed by atoms with van der Waals surface area (Å²) in [5, 5.41) is 3.21. The molecule has 40 heavy (non-hydrogen) atoms. The van der Waals surface area contributed by atoms with Gasteiger partial charge in [0.05, 0.1) is 0 Å². The van der Waals surface area contributed by atoms with Crippen molar-refractivity contribution in [2.75, 3.05) is 4.90 Å². The Hall–Kier alpha value is -4.19. The highest BCUT2D eigenvalue weighted by molar-refractivity contribution is 6.09. The number of nitrogens with zero attached hydrogens (tertiary/aromatic N) is 1. The van der Waals surface area contributed by atoms with Gasteiger partial charge >= 0.3 is 0 Å². The van der Waals surface area contributed by atoms with Crippen molar-refractivity contribution in [1.82, 2.24) is 10.3 Å². The molecule has 1 heterocycles. The van der Waals surface area contributed by atoms with Crippen molar-refractivity contribution in [2.45, 2.75) is 64.0 Å². The topological polar surface area (TPSA) is 65.2 Å².